The highest BCUT2D eigenvalue weighted by Gasteiger charge is 2.14. The molecule has 1 rings (SSSR count). The average Bonchev–Trinajstić information content (AvgIpc) is 2.79. The molecule has 0 aliphatic rings. The largest absolute Gasteiger partial charge is 0.464 e. The number of nitrogens with one attached hydrogen (secondary N) is 1. The van der Waals surface area contributed by atoms with Crippen LogP contribution in [0.1, 0.15) is 25.4 Å². The standard InChI is InChI=1S/C14H24F2N2OS/c1-10(2)13(8-18(3)4)17-7-11-5-6-12(19-11)9-20-14(15)16/h5-6,10,13-14,17H,7-9H2,1-4H3. The zero-order valence-corrected chi connectivity index (χ0v) is 13.3. The van der Waals surface area contributed by atoms with Gasteiger partial charge in [0.2, 0.25) is 0 Å². The molecule has 116 valence electrons. The van der Waals surface area contributed by atoms with Gasteiger partial charge in [0.05, 0.1) is 12.3 Å². The monoisotopic (exact) mass is 306 g/mol. The first kappa shape index (κ1) is 17.5. The molecule has 0 fully saturated rings. The lowest BCUT2D eigenvalue weighted by Gasteiger charge is -2.25. The van der Waals surface area contributed by atoms with E-state index in [-0.39, 0.29) is 5.75 Å². The third kappa shape index (κ3) is 6.72. The highest BCUT2D eigenvalue weighted by atomic mass is 32.2. The summed E-state index contributed by atoms with van der Waals surface area (Å²) >= 11 is 0.581. The fourth-order valence-corrected chi connectivity index (χ4v) is 2.32. The Hall–Kier alpha value is -0.590. The van der Waals surface area contributed by atoms with Crippen LogP contribution in [0.3, 0.4) is 0 Å². The molecule has 1 atom stereocenters. The van der Waals surface area contributed by atoms with Gasteiger partial charge in [-0.25, -0.2) is 0 Å². The molecular weight excluding hydrogens is 282 g/mol. The van der Waals surface area contributed by atoms with E-state index in [2.05, 4.69) is 24.1 Å². The maximum Gasteiger partial charge on any atom is 0.284 e. The smallest absolute Gasteiger partial charge is 0.284 e. The zero-order valence-electron chi connectivity index (χ0n) is 12.5. The van der Waals surface area contributed by atoms with E-state index in [0.29, 0.717) is 36.0 Å². The van der Waals surface area contributed by atoms with Gasteiger partial charge in [0.15, 0.2) is 0 Å². The topological polar surface area (TPSA) is 28.4 Å². The Bertz CT molecular complexity index is 383. The van der Waals surface area contributed by atoms with Crippen molar-refractivity contribution in [3.63, 3.8) is 0 Å². The molecule has 1 unspecified atom stereocenters. The molecule has 0 aliphatic heterocycles. The van der Waals surface area contributed by atoms with Gasteiger partial charge in [0, 0.05) is 12.6 Å². The minimum absolute atomic E-state index is 0.211. The van der Waals surface area contributed by atoms with Crippen molar-refractivity contribution < 1.29 is 13.2 Å². The molecular formula is C14H24F2N2OS. The molecule has 6 heteroatoms. The summed E-state index contributed by atoms with van der Waals surface area (Å²) in [4.78, 5) is 2.14. The number of halogens is 2. The maximum absolute atomic E-state index is 12.1. The van der Waals surface area contributed by atoms with Crippen molar-refractivity contribution in [2.75, 3.05) is 20.6 Å². The van der Waals surface area contributed by atoms with Gasteiger partial charge in [0.1, 0.15) is 11.5 Å². The summed E-state index contributed by atoms with van der Waals surface area (Å²) in [6.07, 6.45) is 0. The first-order chi connectivity index (χ1) is 9.38. The predicted octanol–water partition coefficient (Wildman–Crippen LogP) is 3.41. The van der Waals surface area contributed by atoms with E-state index < -0.39 is 5.76 Å². The number of rotatable bonds is 9. The molecule has 0 aliphatic carbocycles. The van der Waals surface area contributed by atoms with Gasteiger partial charge < -0.3 is 14.6 Å². The van der Waals surface area contributed by atoms with E-state index in [4.69, 9.17) is 4.42 Å². The van der Waals surface area contributed by atoms with Crippen molar-refractivity contribution in [3.8, 4) is 0 Å². The van der Waals surface area contributed by atoms with E-state index in [9.17, 15) is 8.78 Å². The minimum atomic E-state index is -2.35. The molecule has 0 aromatic carbocycles. The van der Waals surface area contributed by atoms with E-state index in [1.807, 2.05) is 20.2 Å². The van der Waals surface area contributed by atoms with Crippen LogP contribution in [-0.2, 0) is 12.3 Å². The summed E-state index contributed by atoms with van der Waals surface area (Å²) in [6.45, 7) is 5.92. The number of alkyl halides is 2. The van der Waals surface area contributed by atoms with Crippen LogP contribution in [0.2, 0.25) is 0 Å². The summed E-state index contributed by atoms with van der Waals surface area (Å²) in [7, 11) is 4.09. The quantitative estimate of drug-likeness (QED) is 0.757. The van der Waals surface area contributed by atoms with Gasteiger partial charge in [-0.1, -0.05) is 25.6 Å². The normalized spacial score (nSPS) is 13.7. The summed E-state index contributed by atoms with van der Waals surface area (Å²) in [6, 6.07) is 3.98. The Morgan fingerprint density at radius 3 is 2.45 bits per heavy atom. The molecule has 1 heterocycles. The van der Waals surface area contributed by atoms with Crippen molar-refractivity contribution >= 4 is 11.8 Å². The first-order valence-corrected chi connectivity index (χ1v) is 7.78. The van der Waals surface area contributed by atoms with Crippen molar-refractivity contribution in [1.29, 1.82) is 0 Å². The predicted molar refractivity (Wildman–Crippen MR) is 80.0 cm³/mol. The van der Waals surface area contributed by atoms with Crippen LogP contribution in [-0.4, -0.2) is 37.3 Å². The van der Waals surface area contributed by atoms with Crippen LogP contribution in [0.25, 0.3) is 0 Å². The molecule has 0 amide bonds. The van der Waals surface area contributed by atoms with Crippen LogP contribution in [0, 0.1) is 5.92 Å². The fraction of sp³-hybridized carbons (Fsp3) is 0.714. The number of nitrogens with zero attached hydrogens (tertiary/aromatic N) is 1. The Balaban J connectivity index is 2.43. The van der Waals surface area contributed by atoms with Crippen molar-refractivity contribution in [3.05, 3.63) is 23.7 Å². The fourth-order valence-electron chi connectivity index (χ4n) is 1.88. The molecule has 1 aromatic rings. The number of likely N-dealkylation sites (N-methyl/N-ethyl adjacent to an activating group) is 1. The van der Waals surface area contributed by atoms with Crippen molar-refractivity contribution in [2.24, 2.45) is 5.92 Å². The molecule has 20 heavy (non-hydrogen) atoms. The molecule has 0 saturated carbocycles. The Morgan fingerprint density at radius 2 is 1.90 bits per heavy atom. The number of hydrogen-bond donors (Lipinski definition) is 1. The van der Waals surface area contributed by atoms with Gasteiger partial charge in [0.25, 0.3) is 5.76 Å². The molecule has 0 spiro atoms. The van der Waals surface area contributed by atoms with Crippen LogP contribution in [0.4, 0.5) is 8.78 Å². The second kappa shape index (κ2) is 8.64. The average molecular weight is 306 g/mol. The summed E-state index contributed by atoms with van der Waals surface area (Å²) in [5.41, 5.74) is 0. The molecule has 0 saturated heterocycles. The van der Waals surface area contributed by atoms with Crippen molar-refractivity contribution in [2.45, 2.75) is 37.9 Å². The van der Waals surface area contributed by atoms with E-state index in [1.165, 1.54) is 0 Å². The highest BCUT2D eigenvalue weighted by molar-refractivity contribution is 7.98. The third-order valence-electron chi connectivity index (χ3n) is 2.97. The lowest BCUT2D eigenvalue weighted by molar-refractivity contribution is 0.251. The summed E-state index contributed by atoms with van der Waals surface area (Å²) in [5.74, 6) is -0.239. The molecule has 1 N–H and O–H groups in total. The van der Waals surface area contributed by atoms with E-state index in [0.717, 1.165) is 12.3 Å². The number of hydrogen-bond acceptors (Lipinski definition) is 4. The van der Waals surface area contributed by atoms with Gasteiger partial charge >= 0.3 is 0 Å². The summed E-state index contributed by atoms with van der Waals surface area (Å²) < 4.78 is 29.7. The number of thioether (sulfide) groups is 1. The first-order valence-electron chi connectivity index (χ1n) is 6.74. The Labute approximate surface area is 124 Å². The van der Waals surface area contributed by atoms with Gasteiger partial charge in [-0.05, 0) is 32.1 Å². The lowest BCUT2D eigenvalue weighted by Crippen LogP contribution is -2.41. The minimum Gasteiger partial charge on any atom is -0.464 e. The zero-order chi connectivity index (χ0) is 15.1. The van der Waals surface area contributed by atoms with E-state index in [1.54, 1.807) is 6.07 Å². The van der Waals surface area contributed by atoms with Crippen LogP contribution in [0.15, 0.2) is 16.5 Å². The number of furan rings is 1. The molecule has 3 nitrogen and oxygen atoms in total. The Kier molecular flexibility index (Phi) is 7.55. The third-order valence-corrected chi connectivity index (χ3v) is 3.68. The molecule has 0 radical (unpaired) electrons. The summed E-state index contributed by atoms with van der Waals surface area (Å²) in [5, 5.41) is 3.45. The van der Waals surface area contributed by atoms with Gasteiger partial charge in [-0.3, -0.25) is 0 Å². The maximum atomic E-state index is 12.1. The second-order valence-electron chi connectivity index (χ2n) is 5.43. The second-order valence-corrected chi connectivity index (χ2v) is 6.41. The van der Waals surface area contributed by atoms with Crippen LogP contribution in [0.5, 0.6) is 0 Å². The van der Waals surface area contributed by atoms with E-state index >= 15 is 0 Å². The van der Waals surface area contributed by atoms with Gasteiger partial charge in [-0.15, -0.1) is 0 Å². The SMILES string of the molecule is CC(C)C(CN(C)C)NCc1ccc(CSC(F)F)o1. The van der Waals surface area contributed by atoms with Crippen molar-refractivity contribution in [1.82, 2.24) is 10.2 Å². The highest BCUT2D eigenvalue weighted by Crippen LogP contribution is 2.21. The Morgan fingerprint density at radius 1 is 1.25 bits per heavy atom. The van der Waals surface area contributed by atoms with Crippen LogP contribution < -0.4 is 5.32 Å². The molecule has 1 aromatic heterocycles. The van der Waals surface area contributed by atoms with Gasteiger partial charge in [-0.2, -0.15) is 8.78 Å². The lowest BCUT2D eigenvalue weighted by atomic mass is 10.0. The van der Waals surface area contributed by atoms with Crippen LogP contribution >= 0.6 is 11.8 Å². The molecule has 0 bridgehead atoms.